The van der Waals surface area contributed by atoms with Crippen LogP contribution in [0.3, 0.4) is 0 Å². The van der Waals surface area contributed by atoms with E-state index in [0.717, 1.165) is 17.5 Å². The highest BCUT2D eigenvalue weighted by Gasteiger charge is 2.21. The zero-order chi connectivity index (χ0) is 13.8. The second-order valence-corrected chi connectivity index (χ2v) is 6.02. The molecule has 1 fully saturated rings. The maximum atomic E-state index is 4.57. The van der Waals surface area contributed by atoms with Crippen LogP contribution in [0.5, 0.6) is 0 Å². The second kappa shape index (κ2) is 6.38. The van der Waals surface area contributed by atoms with Gasteiger partial charge in [0.25, 0.3) is 0 Å². The quantitative estimate of drug-likeness (QED) is 0.902. The molecule has 0 bridgehead atoms. The fraction of sp³-hybridized carbons (Fsp3) is 0.688. The summed E-state index contributed by atoms with van der Waals surface area (Å²) in [6.45, 7) is 9.17. The third-order valence-electron chi connectivity index (χ3n) is 4.49. The van der Waals surface area contributed by atoms with Gasteiger partial charge in [0.2, 0.25) is 0 Å². The van der Waals surface area contributed by atoms with Crippen LogP contribution in [0.4, 0.5) is 5.69 Å². The van der Waals surface area contributed by atoms with Gasteiger partial charge in [-0.05, 0) is 50.8 Å². The molecule has 106 valence electrons. The highest BCUT2D eigenvalue weighted by Crippen LogP contribution is 2.27. The van der Waals surface area contributed by atoms with Crippen molar-refractivity contribution in [1.29, 1.82) is 0 Å². The number of anilines is 1. The number of pyridine rings is 1. The van der Waals surface area contributed by atoms with Gasteiger partial charge in [0.1, 0.15) is 0 Å². The van der Waals surface area contributed by atoms with E-state index in [-0.39, 0.29) is 0 Å². The van der Waals surface area contributed by atoms with Crippen LogP contribution in [0.25, 0.3) is 0 Å². The molecule has 0 aliphatic carbocycles. The molecule has 0 spiro atoms. The topological polar surface area (TPSA) is 28.2 Å². The highest BCUT2D eigenvalue weighted by molar-refractivity contribution is 5.45. The summed E-state index contributed by atoms with van der Waals surface area (Å²) in [4.78, 5) is 7.05. The van der Waals surface area contributed by atoms with E-state index in [0.29, 0.717) is 6.04 Å². The summed E-state index contributed by atoms with van der Waals surface area (Å²) >= 11 is 0. The smallest absolute Gasteiger partial charge is 0.0571 e. The zero-order valence-corrected chi connectivity index (χ0v) is 12.7. The maximum absolute atomic E-state index is 4.57. The van der Waals surface area contributed by atoms with E-state index in [1.165, 1.54) is 31.6 Å². The van der Waals surface area contributed by atoms with Crippen molar-refractivity contribution in [2.75, 3.05) is 25.0 Å². The lowest BCUT2D eigenvalue weighted by Crippen LogP contribution is -2.35. The number of piperidine rings is 1. The molecule has 1 unspecified atom stereocenters. The molecular weight excluding hydrogens is 234 g/mol. The first-order valence-electron chi connectivity index (χ1n) is 7.50. The molecule has 0 radical (unpaired) electrons. The molecule has 0 amide bonds. The van der Waals surface area contributed by atoms with Gasteiger partial charge >= 0.3 is 0 Å². The summed E-state index contributed by atoms with van der Waals surface area (Å²) in [6, 6.07) is 4.68. The predicted octanol–water partition coefficient (Wildman–Crippen LogP) is 3.23. The Bertz CT molecular complexity index is 377. The van der Waals surface area contributed by atoms with E-state index >= 15 is 0 Å². The lowest BCUT2D eigenvalue weighted by Gasteiger charge is -2.35. The standard InChI is InChI=1S/C16H27N3/c1-12(2)14-7-9-19(10-8-14)15-5-6-16(18-11-15)13(3)17-4/h5-6,11-14,17H,7-10H2,1-4H3. The van der Waals surface area contributed by atoms with Crippen molar-refractivity contribution < 1.29 is 0 Å². The number of aromatic nitrogens is 1. The van der Waals surface area contributed by atoms with Gasteiger partial charge in [-0.1, -0.05) is 13.8 Å². The molecule has 1 aliphatic heterocycles. The molecule has 3 heteroatoms. The second-order valence-electron chi connectivity index (χ2n) is 6.02. The summed E-state index contributed by atoms with van der Waals surface area (Å²) in [7, 11) is 1.97. The Balaban J connectivity index is 1.96. The monoisotopic (exact) mass is 261 g/mol. The van der Waals surface area contributed by atoms with E-state index in [4.69, 9.17) is 0 Å². The lowest BCUT2D eigenvalue weighted by atomic mass is 9.86. The van der Waals surface area contributed by atoms with Gasteiger partial charge in [-0.15, -0.1) is 0 Å². The van der Waals surface area contributed by atoms with Gasteiger partial charge in [0, 0.05) is 19.1 Å². The average molecular weight is 261 g/mol. The van der Waals surface area contributed by atoms with E-state index < -0.39 is 0 Å². The summed E-state index contributed by atoms with van der Waals surface area (Å²) < 4.78 is 0. The van der Waals surface area contributed by atoms with Crippen LogP contribution in [-0.2, 0) is 0 Å². The number of hydrogen-bond donors (Lipinski definition) is 1. The van der Waals surface area contributed by atoms with Crippen LogP contribution in [-0.4, -0.2) is 25.1 Å². The molecule has 1 atom stereocenters. The molecule has 1 aliphatic rings. The predicted molar refractivity (Wildman–Crippen MR) is 81.5 cm³/mol. The molecule has 1 aromatic heterocycles. The Morgan fingerprint density at radius 2 is 1.89 bits per heavy atom. The minimum absolute atomic E-state index is 0.320. The first kappa shape index (κ1) is 14.3. The van der Waals surface area contributed by atoms with E-state index in [2.05, 4.69) is 48.1 Å². The van der Waals surface area contributed by atoms with Crippen molar-refractivity contribution >= 4 is 5.69 Å². The van der Waals surface area contributed by atoms with Crippen LogP contribution in [0.1, 0.15) is 45.3 Å². The van der Waals surface area contributed by atoms with Gasteiger partial charge in [-0.2, -0.15) is 0 Å². The zero-order valence-electron chi connectivity index (χ0n) is 12.7. The van der Waals surface area contributed by atoms with Gasteiger partial charge in [-0.25, -0.2) is 0 Å². The molecule has 1 aromatic rings. The molecule has 2 heterocycles. The van der Waals surface area contributed by atoms with Crippen molar-refractivity contribution in [3.05, 3.63) is 24.0 Å². The van der Waals surface area contributed by atoms with Crippen LogP contribution < -0.4 is 10.2 Å². The summed E-state index contributed by atoms with van der Waals surface area (Å²) in [5.74, 6) is 1.71. The van der Waals surface area contributed by atoms with Crippen molar-refractivity contribution in [1.82, 2.24) is 10.3 Å². The Morgan fingerprint density at radius 3 is 2.37 bits per heavy atom. The fourth-order valence-electron chi connectivity index (χ4n) is 2.81. The molecule has 2 rings (SSSR count). The number of nitrogens with one attached hydrogen (secondary N) is 1. The third-order valence-corrected chi connectivity index (χ3v) is 4.49. The summed E-state index contributed by atoms with van der Waals surface area (Å²) in [5, 5.41) is 3.22. The largest absolute Gasteiger partial charge is 0.370 e. The van der Waals surface area contributed by atoms with Crippen molar-refractivity contribution in [3.63, 3.8) is 0 Å². The molecule has 1 saturated heterocycles. The third kappa shape index (κ3) is 3.47. The van der Waals surface area contributed by atoms with Gasteiger partial charge < -0.3 is 10.2 Å². The van der Waals surface area contributed by atoms with Crippen LogP contribution in [0.2, 0.25) is 0 Å². The van der Waals surface area contributed by atoms with E-state index in [1.54, 1.807) is 0 Å². The fourth-order valence-corrected chi connectivity index (χ4v) is 2.81. The number of hydrogen-bond acceptors (Lipinski definition) is 3. The number of rotatable bonds is 4. The lowest BCUT2D eigenvalue weighted by molar-refractivity contribution is 0.311. The van der Waals surface area contributed by atoms with E-state index in [1.807, 2.05) is 13.2 Å². The van der Waals surface area contributed by atoms with Crippen LogP contribution in [0, 0.1) is 11.8 Å². The number of nitrogens with zero attached hydrogens (tertiary/aromatic N) is 2. The Labute approximate surface area is 117 Å². The Hall–Kier alpha value is -1.09. The van der Waals surface area contributed by atoms with Crippen molar-refractivity contribution in [3.8, 4) is 0 Å². The highest BCUT2D eigenvalue weighted by atomic mass is 15.1. The molecule has 1 N–H and O–H groups in total. The maximum Gasteiger partial charge on any atom is 0.0571 e. The molecule has 0 saturated carbocycles. The SMILES string of the molecule is CNC(C)c1ccc(N2CCC(C(C)C)CC2)cn1. The van der Waals surface area contributed by atoms with Gasteiger partial charge in [-0.3, -0.25) is 4.98 Å². The molecular formula is C16H27N3. The van der Waals surface area contributed by atoms with E-state index in [9.17, 15) is 0 Å². The minimum Gasteiger partial charge on any atom is -0.370 e. The first-order chi connectivity index (χ1) is 9.11. The van der Waals surface area contributed by atoms with Gasteiger partial charge in [0.05, 0.1) is 17.6 Å². The average Bonchev–Trinajstić information content (AvgIpc) is 2.46. The van der Waals surface area contributed by atoms with Gasteiger partial charge in [0.15, 0.2) is 0 Å². The molecule has 19 heavy (non-hydrogen) atoms. The Kier molecular flexibility index (Phi) is 4.81. The molecule has 3 nitrogen and oxygen atoms in total. The molecule has 0 aromatic carbocycles. The van der Waals surface area contributed by atoms with Crippen molar-refractivity contribution in [2.45, 2.75) is 39.7 Å². The first-order valence-corrected chi connectivity index (χ1v) is 7.50. The minimum atomic E-state index is 0.320. The van der Waals surface area contributed by atoms with Crippen LogP contribution >= 0.6 is 0 Å². The normalized spacial score (nSPS) is 18.9. The summed E-state index contributed by atoms with van der Waals surface area (Å²) in [5.41, 5.74) is 2.39. The summed E-state index contributed by atoms with van der Waals surface area (Å²) in [6.07, 6.45) is 4.65. The van der Waals surface area contributed by atoms with Crippen molar-refractivity contribution in [2.24, 2.45) is 11.8 Å². The van der Waals surface area contributed by atoms with Crippen LogP contribution in [0.15, 0.2) is 18.3 Å². The Morgan fingerprint density at radius 1 is 1.21 bits per heavy atom.